The molecule has 0 aliphatic carbocycles. The van der Waals surface area contributed by atoms with E-state index < -0.39 is 11.5 Å². The van der Waals surface area contributed by atoms with E-state index in [-0.39, 0.29) is 5.56 Å². The van der Waals surface area contributed by atoms with E-state index >= 15 is 0 Å². The average molecular weight is 300 g/mol. The van der Waals surface area contributed by atoms with E-state index in [4.69, 9.17) is 4.74 Å². The van der Waals surface area contributed by atoms with Crippen LogP contribution in [0.25, 0.3) is 0 Å². The molecule has 0 radical (unpaired) electrons. The first kappa shape index (κ1) is 15.8. The summed E-state index contributed by atoms with van der Waals surface area (Å²) < 4.78 is 5.56. The number of carbonyl (C=O) groups is 1. The van der Waals surface area contributed by atoms with Crippen molar-refractivity contribution in [2.45, 2.75) is 19.8 Å². The molecule has 0 atom stereocenters. The van der Waals surface area contributed by atoms with Crippen LogP contribution in [-0.2, 0) is 0 Å². The first-order valence-electron chi connectivity index (χ1n) is 7.26. The van der Waals surface area contributed by atoms with Gasteiger partial charge in [-0.3, -0.25) is 9.59 Å². The van der Waals surface area contributed by atoms with Gasteiger partial charge >= 0.3 is 0 Å². The molecule has 116 valence electrons. The molecule has 1 aromatic heterocycles. The predicted octanol–water partition coefficient (Wildman–Crippen LogP) is 2.31. The number of ether oxygens (including phenoxy) is 1. The lowest BCUT2D eigenvalue weighted by Crippen LogP contribution is -2.32. The number of H-pyrrole nitrogens is 1. The van der Waals surface area contributed by atoms with Gasteiger partial charge in [0, 0.05) is 6.20 Å². The zero-order chi connectivity index (χ0) is 15.9. The third kappa shape index (κ3) is 4.22. The minimum absolute atomic E-state index is 0.101. The lowest BCUT2D eigenvalue weighted by atomic mass is 10.0. The number of benzene rings is 1. The van der Waals surface area contributed by atoms with E-state index in [0.717, 1.165) is 5.75 Å². The largest absolute Gasteiger partial charge is 0.492 e. The van der Waals surface area contributed by atoms with Gasteiger partial charge in [-0.25, -0.2) is 0 Å². The number of pyridine rings is 1. The summed E-state index contributed by atoms with van der Waals surface area (Å²) in [6, 6.07) is 11.0. The van der Waals surface area contributed by atoms with Gasteiger partial charge in [0.1, 0.15) is 17.9 Å². The Bertz CT molecular complexity index is 675. The molecular formula is C17H20N2O3. The van der Waals surface area contributed by atoms with Gasteiger partial charge in [0.25, 0.3) is 11.5 Å². The maximum absolute atomic E-state index is 11.8. The molecule has 1 aromatic carbocycles. The number of amides is 1. The first-order chi connectivity index (χ1) is 10.6. The molecule has 1 amide bonds. The van der Waals surface area contributed by atoms with Crippen LogP contribution < -0.4 is 15.6 Å². The number of hydrogen-bond acceptors (Lipinski definition) is 3. The number of aromatic amines is 1. The summed E-state index contributed by atoms with van der Waals surface area (Å²) in [6.45, 7) is 4.95. The summed E-state index contributed by atoms with van der Waals surface area (Å²) in [5.41, 5.74) is 0.956. The van der Waals surface area contributed by atoms with Crippen LogP contribution in [0.2, 0.25) is 0 Å². The molecule has 0 bridgehead atoms. The molecule has 0 saturated carbocycles. The Morgan fingerprint density at radius 1 is 1.23 bits per heavy atom. The van der Waals surface area contributed by atoms with Crippen LogP contribution in [0.1, 0.15) is 35.7 Å². The van der Waals surface area contributed by atoms with Gasteiger partial charge in [0.15, 0.2) is 0 Å². The van der Waals surface area contributed by atoms with E-state index in [0.29, 0.717) is 19.1 Å². The topological polar surface area (TPSA) is 71.2 Å². The molecular weight excluding hydrogens is 280 g/mol. The Morgan fingerprint density at radius 3 is 2.59 bits per heavy atom. The lowest BCUT2D eigenvalue weighted by molar-refractivity contribution is 0.0945. The SMILES string of the molecule is CC(C)c1ccc(OCCNC(=O)c2ccc[nH]c2=O)cc1. The molecule has 0 saturated heterocycles. The third-order valence-corrected chi connectivity index (χ3v) is 3.27. The van der Waals surface area contributed by atoms with Crippen molar-refractivity contribution in [2.75, 3.05) is 13.2 Å². The fraction of sp³-hybridized carbons (Fsp3) is 0.294. The van der Waals surface area contributed by atoms with Crippen LogP contribution in [0.4, 0.5) is 0 Å². The van der Waals surface area contributed by atoms with Crippen molar-refractivity contribution in [3.05, 3.63) is 64.1 Å². The van der Waals surface area contributed by atoms with E-state index in [1.54, 1.807) is 6.07 Å². The van der Waals surface area contributed by atoms with Gasteiger partial charge in [0.05, 0.1) is 6.54 Å². The maximum atomic E-state index is 11.8. The van der Waals surface area contributed by atoms with Crippen LogP contribution in [-0.4, -0.2) is 24.0 Å². The maximum Gasteiger partial charge on any atom is 0.260 e. The number of carbonyl (C=O) groups excluding carboxylic acids is 1. The van der Waals surface area contributed by atoms with Crippen molar-refractivity contribution in [1.82, 2.24) is 10.3 Å². The van der Waals surface area contributed by atoms with E-state index in [9.17, 15) is 9.59 Å². The average Bonchev–Trinajstić information content (AvgIpc) is 2.52. The van der Waals surface area contributed by atoms with Crippen LogP contribution in [0.15, 0.2) is 47.4 Å². The highest BCUT2D eigenvalue weighted by Crippen LogP contribution is 2.18. The second-order valence-electron chi connectivity index (χ2n) is 5.24. The van der Waals surface area contributed by atoms with Crippen molar-refractivity contribution >= 4 is 5.91 Å². The molecule has 0 aliphatic rings. The van der Waals surface area contributed by atoms with Gasteiger partial charge in [0.2, 0.25) is 0 Å². The van der Waals surface area contributed by atoms with E-state index in [1.165, 1.54) is 17.8 Å². The molecule has 0 fully saturated rings. The van der Waals surface area contributed by atoms with Gasteiger partial charge in [-0.15, -0.1) is 0 Å². The second kappa shape index (κ2) is 7.45. The third-order valence-electron chi connectivity index (χ3n) is 3.27. The highest BCUT2D eigenvalue weighted by Gasteiger charge is 2.08. The zero-order valence-corrected chi connectivity index (χ0v) is 12.8. The van der Waals surface area contributed by atoms with Gasteiger partial charge in [-0.2, -0.15) is 0 Å². The van der Waals surface area contributed by atoms with Crippen LogP contribution in [0, 0.1) is 0 Å². The highest BCUT2D eigenvalue weighted by molar-refractivity contribution is 5.93. The number of rotatable bonds is 6. The fourth-order valence-corrected chi connectivity index (χ4v) is 1.98. The summed E-state index contributed by atoms with van der Waals surface area (Å²) in [6.07, 6.45) is 1.49. The summed E-state index contributed by atoms with van der Waals surface area (Å²) in [7, 11) is 0. The predicted molar refractivity (Wildman–Crippen MR) is 85.4 cm³/mol. The molecule has 0 aliphatic heterocycles. The van der Waals surface area contributed by atoms with E-state index in [2.05, 4.69) is 24.1 Å². The molecule has 2 N–H and O–H groups in total. The number of aromatic nitrogens is 1. The molecule has 22 heavy (non-hydrogen) atoms. The Kier molecular flexibility index (Phi) is 5.36. The molecule has 5 nitrogen and oxygen atoms in total. The summed E-state index contributed by atoms with van der Waals surface area (Å²) in [5.74, 6) is 0.842. The Hall–Kier alpha value is -2.56. The van der Waals surface area contributed by atoms with E-state index in [1.807, 2.05) is 24.3 Å². The van der Waals surface area contributed by atoms with Crippen molar-refractivity contribution in [3.63, 3.8) is 0 Å². The molecule has 2 aromatic rings. The fourth-order valence-electron chi connectivity index (χ4n) is 1.98. The van der Waals surface area contributed by atoms with Gasteiger partial charge in [-0.05, 0) is 35.7 Å². The Labute approximate surface area is 129 Å². The molecule has 0 unspecified atom stereocenters. The summed E-state index contributed by atoms with van der Waals surface area (Å²) in [4.78, 5) is 25.7. The quantitative estimate of drug-likeness (QED) is 0.804. The van der Waals surface area contributed by atoms with Crippen molar-refractivity contribution in [2.24, 2.45) is 0 Å². The molecule has 1 heterocycles. The Morgan fingerprint density at radius 2 is 1.95 bits per heavy atom. The second-order valence-corrected chi connectivity index (χ2v) is 5.24. The van der Waals surface area contributed by atoms with Gasteiger partial charge in [-0.1, -0.05) is 26.0 Å². The lowest BCUT2D eigenvalue weighted by Gasteiger charge is -2.09. The first-order valence-corrected chi connectivity index (χ1v) is 7.26. The van der Waals surface area contributed by atoms with Crippen molar-refractivity contribution < 1.29 is 9.53 Å². The highest BCUT2D eigenvalue weighted by atomic mass is 16.5. The van der Waals surface area contributed by atoms with Gasteiger partial charge < -0.3 is 15.0 Å². The molecule has 2 rings (SSSR count). The molecule has 0 spiro atoms. The molecule has 5 heteroatoms. The Balaban J connectivity index is 1.78. The van der Waals surface area contributed by atoms with Crippen molar-refractivity contribution in [3.8, 4) is 5.75 Å². The minimum Gasteiger partial charge on any atom is -0.492 e. The monoisotopic (exact) mass is 300 g/mol. The zero-order valence-electron chi connectivity index (χ0n) is 12.8. The van der Waals surface area contributed by atoms with Crippen LogP contribution >= 0.6 is 0 Å². The normalized spacial score (nSPS) is 10.5. The van der Waals surface area contributed by atoms with Crippen LogP contribution in [0.5, 0.6) is 5.75 Å². The number of hydrogen-bond donors (Lipinski definition) is 2. The summed E-state index contributed by atoms with van der Waals surface area (Å²) >= 11 is 0. The summed E-state index contributed by atoms with van der Waals surface area (Å²) in [5, 5.41) is 2.66. The van der Waals surface area contributed by atoms with Crippen LogP contribution in [0.3, 0.4) is 0 Å². The standard InChI is InChI=1S/C17H20N2O3/c1-12(2)13-5-7-14(8-6-13)22-11-10-19-17(21)15-4-3-9-18-16(15)20/h3-9,12H,10-11H2,1-2H3,(H,18,20)(H,19,21). The smallest absolute Gasteiger partial charge is 0.260 e. The number of nitrogens with one attached hydrogen (secondary N) is 2. The van der Waals surface area contributed by atoms with Crippen molar-refractivity contribution in [1.29, 1.82) is 0 Å². The minimum atomic E-state index is -0.402.